The minimum absolute atomic E-state index is 0.0360. The lowest BCUT2D eigenvalue weighted by Gasteiger charge is -2.36. The molecule has 0 radical (unpaired) electrons. The van der Waals surface area contributed by atoms with Crippen molar-refractivity contribution in [1.29, 1.82) is 0 Å². The average Bonchev–Trinajstić information content (AvgIpc) is 3.33. The Morgan fingerprint density at radius 3 is 2.73 bits per heavy atom. The van der Waals surface area contributed by atoms with Crippen LogP contribution in [0.4, 0.5) is 9.18 Å². The first-order chi connectivity index (χ1) is 14.4. The van der Waals surface area contributed by atoms with Gasteiger partial charge in [-0.2, -0.15) is 0 Å². The zero-order valence-corrected chi connectivity index (χ0v) is 17.5. The van der Waals surface area contributed by atoms with Gasteiger partial charge in [0.15, 0.2) is 0 Å². The molecule has 2 heterocycles. The number of amides is 4. The number of benzene rings is 1. The van der Waals surface area contributed by atoms with Gasteiger partial charge in [-0.05, 0) is 47.9 Å². The van der Waals surface area contributed by atoms with Gasteiger partial charge in [0.2, 0.25) is 5.91 Å². The molecule has 2 aromatic rings. The van der Waals surface area contributed by atoms with Crippen LogP contribution < -0.4 is 10.6 Å². The second-order valence-electron chi connectivity index (χ2n) is 8.01. The van der Waals surface area contributed by atoms with Crippen LogP contribution >= 0.6 is 11.3 Å². The van der Waals surface area contributed by atoms with Crippen LogP contribution in [0.3, 0.4) is 0 Å². The summed E-state index contributed by atoms with van der Waals surface area (Å²) in [4.78, 5) is 40.4. The number of carbonyl (C=O) groups excluding carboxylic acids is 3. The summed E-state index contributed by atoms with van der Waals surface area (Å²) < 4.78 is 13.3. The van der Waals surface area contributed by atoms with Crippen molar-refractivity contribution >= 4 is 29.2 Å². The summed E-state index contributed by atoms with van der Waals surface area (Å²) in [5.74, 6) is -1.08. The summed E-state index contributed by atoms with van der Waals surface area (Å²) in [6, 6.07) is 8.67. The second-order valence-corrected chi connectivity index (χ2v) is 8.99. The molecule has 6 nitrogen and oxygen atoms in total. The lowest BCUT2D eigenvalue weighted by atomic mass is 9.73. The van der Waals surface area contributed by atoms with Gasteiger partial charge in [-0.25, -0.2) is 9.18 Å². The minimum Gasteiger partial charge on any atom is -0.343 e. The van der Waals surface area contributed by atoms with Gasteiger partial charge in [0.25, 0.3) is 5.91 Å². The van der Waals surface area contributed by atoms with Gasteiger partial charge in [-0.3, -0.25) is 14.5 Å². The Morgan fingerprint density at radius 1 is 1.30 bits per heavy atom. The van der Waals surface area contributed by atoms with Gasteiger partial charge < -0.3 is 10.6 Å². The molecular weight excluding hydrogens is 405 g/mol. The number of imide groups is 1. The number of hydrogen-bond donors (Lipinski definition) is 2. The highest BCUT2D eigenvalue weighted by molar-refractivity contribution is 7.10. The molecule has 3 atom stereocenters. The van der Waals surface area contributed by atoms with Gasteiger partial charge in [0, 0.05) is 4.88 Å². The van der Waals surface area contributed by atoms with Crippen molar-refractivity contribution in [2.75, 3.05) is 6.54 Å². The molecule has 1 aromatic heterocycles. The van der Waals surface area contributed by atoms with E-state index in [0.717, 1.165) is 34.6 Å². The number of rotatable bonds is 5. The SMILES string of the molecule is CC1CCCCC12NC(=O)N(CC(=O)NC(c1ccc(F)cc1)c1cccs1)C2=O. The van der Waals surface area contributed by atoms with Crippen molar-refractivity contribution in [2.45, 2.75) is 44.2 Å². The molecule has 4 rings (SSSR count). The molecule has 2 aliphatic rings. The number of thiophene rings is 1. The fourth-order valence-corrected chi connectivity index (χ4v) is 5.22. The molecule has 30 heavy (non-hydrogen) atoms. The summed E-state index contributed by atoms with van der Waals surface area (Å²) in [6.45, 7) is 1.63. The van der Waals surface area contributed by atoms with E-state index >= 15 is 0 Å². The smallest absolute Gasteiger partial charge is 0.325 e. The molecule has 0 bridgehead atoms. The van der Waals surface area contributed by atoms with Crippen molar-refractivity contribution in [3.05, 3.63) is 58.0 Å². The van der Waals surface area contributed by atoms with E-state index in [-0.39, 0.29) is 24.2 Å². The summed E-state index contributed by atoms with van der Waals surface area (Å²) in [7, 11) is 0. The topological polar surface area (TPSA) is 78.5 Å². The number of urea groups is 1. The van der Waals surface area contributed by atoms with Crippen molar-refractivity contribution in [2.24, 2.45) is 5.92 Å². The van der Waals surface area contributed by atoms with Crippen LogP contribution in [-0.2, 0) is 9.59 Å². The van der Waals surface area contributed by atoms with E-state index in [0.29, 0.717) is 6.42 Å². The van der Waals surface area contributed by atoms with Gasteiger partial charge in [0.05, 0.1) is 6.04 Å². The van der Waals surface area contributed by atoms with Crippen molar-refractivity contribution < 1.29 is 18.8 Å². The predicted molar refractivity (Wildman–Crippen MR) is 111 cm³/mol. The van der Waals surface area contributed by atoms with E-state index in [4.69, 9.17) is 0 Å². The fraction of sp³-hybridized carbons (Fsp3) is 0.409. The Kier molecular flexibility index (Phi) is 5.60. The molecule has 1 spiro atoms. The molecular formula is C22H24FN3O3S. The standard InChI is InChI=1S/C22H24FN3O3S/c1-14-5-2-3-11-22(14)20(28)26(21(29)25-22)13-18(27)24-19(17-6-4-12-30-17)15-7-9-16(23)10-8-15/h4,6-10,12,14,19H,2-3,5,11,13H2,1H3,(H,24,27)(H,25,29). The van der Waals surface area contributed by atoms with Crippen molar-refractivity contribution in [1.82, 2.24) is 15.5 Å². The molecule has 8 heteroatoms. The maximum Gasteiger partial charge on any atom is 0.325 e. The monoisotopic (exact) mass is 429 g/mol. The molecule has 2 fully saturated rings. The van der Waals surface area contributed by atoms with Crippen molar-refractivity contribution in [3.8, 4) is 0 Å². The van der Waals surface area contributed by atoms with Gasteiger partial charge in [-0.15, -0.1) is 11.3 Å². The highest BCUT2D eigenvalue weighted by Gasteiger charge is 2.55. The Balaban J connectivity index is 1.50. The number of carbonyl (C=O) groups is 3. The second kappa shape index (κ2) is 8.18. The van der Waals surface area contributed by atoms with E-state index < -0.39 is 23.5 Å². The molecule has 1 aromatic carbocycles. The number of nitrogens with zero attached hydrogens (tertiary/aromatic N) is 1. The third kappa shape index (κ3) is 3.71. The van der Waals surface area contributed by atoms with Crippen LogP contribution in [0, 0.1) is 11.7 Å². The third-order valence-corrected chi connectivity index (χ3v) is 7.08. The van der Waals surface area contributed by atoms with E-state index in [9.17, 15) is 18.8 Å². The maximum atomic E-state index is 13.3. The minimum atomic E-state index is -0.889. The highest BCUT2D eigenvalue weighted by Crippen LogP contribution is 2.38. The normalized spacial score (nSPS) is 24.7. The highest BCUT2D eigenvalue weighted by atomic mass is 32.1. The molecule has 1 aliphatic heterocycles. The van der Waals surface area contributed by atoms with Crippen LogP contribution in [0.25, 0.3) is 0 Å². The predicted octanol–water partition coefficient (Wildman–Crippen LogP) is 3.59. The Hall–Kier alpha value is -2.74. The first kappa shape index (κ1) is 20.5. The van der Waals surface area contributed by atoms with Crippen LogP contribution in [0.1, 0.15) is 49.1 Å². The lowest BCUT2D eigenvalue weighted by Crippen LogP contribution is -2.54. The largest absolute Gasteiger partial charge is 0.343 e. The Labute approximate surface area is 178 Å². The number of nitrogens with one attached hydrogen (secondary N) is 2. The van der Waals surface area contributed by atoms with Crippen molar-refractivity contribution in [3.63, 3.8) is 0 Å². The zero-order chi connectivity index (χ0) is 21.3. The van der Waals surface area contributed by atoms with E-state index in [1.807, 2.05) is 24.4 Å². The molecule has 2 N–H and O–H groups in total. The molecule has 1 aliphatic carbocycles. The molecule has 3 unspecified atom stereocenters. The maximum absolute atomic E-state index is 13.3. The van der Waals surface area contributed by atoms with Crippen LogP contribution in [-0.4, -0.2) is 34.8 Å². The first-order valence-electron chi connectivity index (χ1n) is 10.1. The summed E-state index contributed by atoms with van der Waals surface area (Å²) in [5.41, 5.74) is -0.165. The molecule has 1 saturated heterocycles. The quantitative estimate of drug-likeness (QED) is 0.713. The lowest BCUT2D eigenvalue weighted by molar-refractivity contribution is -0.137. The van der Waals surface area contributed by atoms with Gasteiger partial charge in [-0.1, -0.05) is 38.0 Å². The van der Waals surface area contributed by atoms with E-state index in [1.54, 1.807) is 12.1 Å². The van der Waals surface area contributed by atoms with Gasteiger partial charge >= 0.3 is 6.03 Å². The van der Waals surface area contributed by atoms with Crippen LogP contribution in [0.15, 0.2) is 41.8 Å². The number of halogens is 1. The Bertz CT molecular complexity index is 947. The number of hydrogen-bond acceptors (Lipinski definition) is 4. The Morgan fingerprint density at radius 2 is 2.07 bits per heavy atom. The van der Waals surface area contributed by atoms with Crippen LogP contribution in [0.5, 0.6) is 0 Å². The summed E-state index contributed by atoms with van der Waals surface area (Å²) >= 11 is 1.47. The third-order valence-electron chi connectivity index (χ3n) is 6.14. The summed E-state index contributed by atoms with van der Waals surface area (Å²) in [6.07, 6.45) is 3.38. The average molecular weight is 430 g/mol. The zero-order valence-electron chi connectivity index (χ0n) is 16.7. The van der Waals surface area contributed by atoms with Crippen LogP contribution in [0.2, 0.25) is 0 Å². The molecule has 1 saturated carbocycles. The summed E-state index contributed by atoms with van der Waals surface area (Å²) in [5, 5.41) is 7.65. The molecule has 158 valence electrons. The van der Waals surface area contributed by atoms with E-state index in [2.05, 4.69) is 10.6 Å². The van der Waals surface area contributed by atoms with E-state index in [1.165, 1.54) is 23.5 Å². The first-order valence-corrected chi connectivity index (χ1v) is 11.0. The van der Waals surface area contributed by atoms with Gasteiger partial charge in [0.1, 0.15) is 17.9 Å². The fourth-order valence-electron chi connectivity index (χ4n) is 4.42. The molecule has 4 amide bonds.